The van der Waals surface area contributed by atoms with Gasteiger partial charge in [-0.3, -0.25) is 14.5 Å². The quantitative estimate of drug-likeness (QED) is 0.591. The van der Waals surface area contributed by atoms with Crippen molar-refractivity contribution in [1.82, 2.24) is 10.2 Å². The molecule has 36 heavy (non-hydrogen) atoms. The number of nitrogens with zero attached hydrogens (tertiary/aromatic N) is 3. The molecular weight excluding hydrogens is 462 g/mol. The number of anilines is 3. The number of carbonyl (C=O) groups is 3. The van der Waals surface area contributed by atoms with Crippen molar-refractivity contribution < 1.29 is 23.9 Å². The first-order chi connectivity index (χ1) is 17.5. The zero-order valence-electron chi connectivity index (χ0n) is 20.4. The second kappa shape index (κ2) is 10.2. The van der Waals surface area contributed by atoms with Crippen molar-refractivity contribution in [2.24, 2.45) is 0 Å². The number of ether oxygens (including phenoxy) is 2. The molecule has 190 valence electrons. The summed E-state index contributed by atoms with van der Waals surface area (Å²) in [6.45, 7) is 6.88. The molecule has 3 aliphatic rings. The van der Waals surface area contributed by atoms with Crippen LogP contribution < -0.4 is 20.4 Å². The van der Waals surface area contributed by atoms with Gasteiger partial charge in [0.2, 0.25) is 5.91 Å². The molecule has 2 aromatic carbocycles. The molecule has 3 saturated heterocycles. The fourth-order valence-corrected chi connectivity index (χ4v) is 4.85. The summed E-state index contributed by atoms with van der Waals surface area (Å²) >= 11 is 0. The Labute approximate surface area is 210 Å². The third-order valence-corrected chi connectivity index (χ3v) is 6.91. The molecule has 3 aliphatic heterocycles. The SMILES string of the molecule is C[C@]1(c2ccccc2)NC(=O)N(CC(=O)Nc2ccc(N3CCOCC3)cc2N2CCOCC2)C1=O. The fraction of sp³-hybridized carbons (Fsp3) is 0.423. The molecule has 3 fully saturated rings. The number of benzene rings is 2. The number of imide groups is 1. The summed E-state index contributed by atoms with van der Waals surface area (Å²) in [4.78, 5) is 44.3. The first-order valence-corrected chi connectivity index (χ1v) is 12.2. The lowest BCUT2D eigenvalue weighted by Crippen LogP contribution is -2.42. The van der Waals surface area contributed by atoms with E-state index < -0.39 is 23.4 Å². The Morgan fingerprint density at radius 1 is 0.944 bits per heavy atom. The second-order valence-corrected chi connectivity index (χ2v) is 9.26. The molecule has 10 heteroatoms. The molecule has 4 amide bonds. The number of urea groups is 1. The van der Waals surface area contributed by atoms with Gasteiger partial charge in [-0.15, -0.1) is 0 Å². The molecule has 0 radical (unpaired) electrons. The number of rotatable bonds is 6. The third kappa shape index (κ3) is 4.74. The van der Waals surface area contributed by atoms with Crippen LogP contribution in [0.25, 0.3) is 0 Å². The van der Waals surface area contributed by atoms with Crippen LogP contribution in [0.3, 0.4) is 0 Å². The lowest BCUT2D eigenvalue weighted by atomic mass is 9.92. The van der Waals surface area contributed by atoms with Crippen LogP contribution in [-0.2, 0) is 24.6 Å². The first-order valence-electron chi connectivity index (χ1n) is 12.2. The van der Waals surface area contributed by atoms with Crippen molar-refractivity contribution in [3.63, 3.8) is 0 Å². The van der Waals surface area contributed by atoms with Crippen LogP contribution in [0.1, 0.15) is 12.5 Å². The average molecular weight is 494 g/mol. The van der Waals surface area contributed by atoms with Gasteiger partial charge >= 0.3 is 6.03 Å². The van der Waals surface area contributed by atoms with E-state index in [0.29, 0.717) is 50.8 Å². The Balaban J connectivity index is 1.33. The van der Waals surface area contributed by atoms with E-state index in [1.165, 1.54) is 0 Å². The molecule has 2 aromatic rings. The highest BCUT2D eigenvalue weighted by atomic mass is 16.5. The second-order valence-electron chi connectivity index (χ2n) is 9.26. The summed E-state index contributed by atoms with van der Waals surface area (Å²) < 4.78 is 11.0. The lowest BCUT2D eigenvalue weighted by Gasteiger charge is -2.33. The summed E-state index contributed by atoms with van der Waals surface area (Å²) in [6, 6.07) is 14.4. The predicted octanol–water partition coefficient (Wildman–Crippen LogP) is 1.77. The highest BCUT2D eigenvalue weighted by molar-refractivity contribution is 6.10. The van der Waals surface area contributed by atoms with Gasteiger partial charge in [-0.05, 0) is 30.7 Å². The van der Waals surface area contributed by atoms with Crippen molar-refractivity contribution in [1.29, 1.82) is 0 Å². The number of carbonyl (C=O) groups excluding carboxylic acids is 3. The van der Waals surface area contributed by atoms with E-state index >= 15 is 0 Å². The molecule has 0 aliphatic carbocycles. The molecule has 3 heterocycles. The molecule has 2 N–H and O–H groups in total. The summed E-state index contributed by atoms with van der Waals surface area (Å²) in [7, 11) is 0. The van der Waals surface area contributed by atoms with Crippen LogP contribution in [0.4, 0.5) is 21.9 Å². The van der Waals surface area contributed by atoms with Gasteiger partial charge in [0.05, 0.1) is 37.8 Å². The normalized spacial score (nSPS) is 22.5. The molecule has 0 unspecified atom stereocenters. The van der Waals surface area contributed by atoms with E-state index in [2.05, 4.69) is 26.5 Å². The van der Waals surface area contributed by atoms with Gasteiger partial charge in [-0.1, -0.05) is 30.3 Å². The van der Waals surface area contributed by atoms with Gasteiger partial charge < -0.3 is 29.9 Å². The lowest BCUT2D eigenvalue weighted by molar-refractivity contribution is -0.133. The minimum atomic E-state index is -1.21. The van der Waals surface area contributed by atoms with E-state index in [1.807, 2.05) is 30.3 Å². The molecule has 10 nitrogen and oxygen atoms in total. The maximum Gasteiger partial charge on any atom is 0.325 e. The Morgan fingerprint density at radius 2 is 1.58 bits per heavy atom. The maximum absolute atomic E-state index is 13.2. The van der Waals surface area contributed by atoms with Crippen LogP contribution in [-0.4, -0.2) is 81.9 Å². The zero-order chi connectivity index (χ0) is 25.1. The fourth-order valence-electron chi connectivity index (χ4n) is 4.85. The highest BCUT2D eigenvalue weighted by Crippen LogP contribution is 2.33. The Kier molecular flexibility index (Phi) is 6.80. The Hall–Kier alpha value is -3.63. The van der Waals surface area contributed by atoms with Crippen LogP contribution in [0.2, 0.25) is 0 Å². The molecule has 0 aromatic heterocycles. The third-order valence-electron chi connectivity index (χ3n) is 6.91. The summed E-state index contributed by atoms with van der Waals surface area (Å²) in [6.07, 6.45) is 0. The van der Waals surface area contributed by atoms with Gasteiger partial charge in [0.15, 0.2) is 0 Å². The summed E-state index contributed by atoms with van der Waals surface area (Å²) in [5.74, 6) is -0.894. The smallest absolute Gasteiger partial charge is 0.325 e. The van der Waals surface area contributed by atoms with Crippen LogP contribution >= 0.6 is 0 Å². The maximum atomic E-state index is 13.2. The van der Waals surface area contributed by atoms with Gasteiger partial charge in [0, 0.05) is 31.9 Å². The van der Waals surface area contributed by atoms with Gasteiger partial charge in [-0.2, -0.15) is 0 Å². The number of nitrogens with one attached hydrogen (secondary N) is 2. The van der Waals surface area contributed by atoms with Crippen LogP contribution in [0.15, 0.2) is 48.5 Å². The number of hydrogen-bond acceptors (Lipinski definition) is 7. The molecule has 0 bridgehead atoms. The number of morpholine rings is 2. The largest absolute Gasteiger partial charge is 0.378 e. The highest BCUT2D eigenvalue weighted by Gasteiger charge is 2.49. The molecule has 0 spiro atoms. The van der Waals surface area contributed by atoms with E-state index in [1.54, 1.807) is 19.1 Å². The first kappa shape index (κ1) is 24.1. The minimum absolute atomic E-state index is 0.374. The monoisotopic (exact) mass is 493 g/mol. The van der Waals surface area contributed by atoms with Crippen LogP contribution in [0, 0.1) is 0 Å². The van der Waals surface area contributed by atoms with E-state index in [-0.39, 0.29) is 6.54 Å². The number of amides is 4. The van der Waals surface area contributed by atoms with Crippen molar-refractivity contribution in [2.75, 3.05) is 74.3 Å². The van der Waals surface area contributed by atoms with Crippen molar-refractivity contribution >= 4 is 34.9 Å². The number of hydrogen-bond donors (Lipinski definition) is 2. The molecule has 0 saturated carbocycles. The minimum Gasteiger partial charge on any atom is -0.378 e. The predicted molar refractivity (Wildman–Crippen MR) is 135 cm³/mol. The van der Waals surface area contributed by atoms with Gasteiger partial charge in [0.1, 0.15) is 12.1 Å². The van der Waals surface area contributed by atoms with Crippen molar-refractivity contribution in [3.8, 4) is 0 Å². The molecule has 1 atom stereocenters. The van der Waals surface area contributed by atoms with Crippen molar-refractivity contribution in [2.45, 2.75) is 12.5 Å². The standard InChI is InChI=1S/C26H31N5O5/c1-26(19-5-3-2-4-6-19)24(33)31(25(34)28-26)18-23(32)27-21-8-7-20(29-9-13-35-14-10-29)17-22(21)30-11-15-36-16-12-30/h2-8,17H,9-16,18H2,1H3,(H,27,32)(H,28,34)/t26-/m1/s1. The topological polar surface area (TPSA) is 103 Å². The average Bonchev–Trinajstić information content (AvgIpc) is 3.14. The van der Waals surface area contributed by atoms with Crippen molar-refractivity contribution in [3.05, 3.63) is 54.1 Å². The molecular formula is C26H31N5O5. The van der Waals surface area contributed by atoms with Crippen LogP contribution in [0.5, 0.6) is 0 Å². The zero-order valence-corrected chi connectivity index (χ0v) is 20.4. The summed E-state index contributed by atoms with van der Waals surface area (Å²) in [5, 5.41) is 5.68. The Morgan fingerprint density at radius 3 is 2.25 bits per heavy atom. The van der Waals surface area contributed by atoms with E-state index in [9.17, 15) is 14.4 Å². The van der Waals surface area contributed by atoms with E-state index in [4.69, 9.17) is 9.47 Å². The molecule has 5 rings (SSSR count). The Bertz CT molecular complexity index is 1130. The summed E-state index contributed by atoms with van der Waals surface area (Å²) in [5.41, 5.74) is 2.04. The van der Waals surface area contributed by atoms with E-state index in [0.717, 1.165) is 29.4 Å². The van der Waals surface area contributed by atoms with Gasteiger partial charge in [-0.25, -0.2) is 4.79 Å². The van der Waals surface area contributed by atoms with Gasteiger partial charge in [0.25, 0.3) is 5.91 Å².